The maximum Gasteiger partial charge on any atom is 0.304 e. The van der Waals surface area contributed by atoms with Gasteiger partial charge in [0.05, 0.1) is 13.5 Å². The Balaban J connectivity index is 2.78. The Morgan fingerprint density at radius 1 is 1.56 bits per heavy atom. The Morgan fingerprint density at radius 2 is 2.25 bits per heavy atom. The van der Waals surface area contributed by atoms with Crippen LogP contribution < -0.4 is 4.74 Å². The van der Waals surface area contributed by atoms with Crippen LogP contribution >= 0.6 is 11.8 Å². The molecule has 0 aromatic heterocycles. The molecule has 3 nitrogen and oxygen atoms in total. The average molecular weight is 240 g/mol. The van der Waals surface area contributed by atoms with E-state index >= 15 is 0 Å². The molecule has 1 N–H and O–H groups in total. The minimum absolute atomic E-state index is 0.0354. The maximum absolute atomic E-state index is 10.6. The van der Waals surface area contributed by atoms with Gasteiger partial charge in [-0.2, -0.15) is 0 Å². The second-order valence-electron chi connectivity index (χ2n) is 3.68. The lowest BCUT2D eigenvalue weighted by atomic mass is 10.2. The number of hydrogen-bond donors (Lipinski definition) is 1. The molecule has 0 amide bonds. The van der Waals surface area contributed by atoms with Gasteiger partial charge in [0.15, 0.2) is 0 Å². The molecule has 88 valence electrons. The molecule has 0 aliphatic carbocycles. The van der Waals surface area contributed by atoms with Crippen LogP contribution in [0.3, 0.4) is 0 Å². The topological polar surface area (TPSA) is 46.5 Å². The normalized spacial score (nSPS) is 12.2. The molecule has 0 aliphatic heterocycles. The van der Waals surface area contributed by atoms with Gasteiger partial charge in [0.25, 0.3) is 0 Å². The molecular weight excluding hydrogens is 224 g/mol. The van der Waals surface area contributed by atoms with Crippen molar-refractivity contribution in [2.45, 2.75) is 30.4 Å². The van der Waals surface area contributed by atoms with Crippen molar-refractivity contribution < 1.29 is 14.6 Å². The first-order valence-corrected chi connectivity index (χ1v) is 5.94. The second kappa shape index (κ2) is 5.80. The molecule has 1 aromatic rings. The van der Waals surface area contributed by atoms with Crippen LogP contribution in [0.5, 0.6) is 5.75 Å². The van der Waals surface area contributed by atoms with E-state index < -0.39 is 5.97 Å². The number of carboxylic acids is 1. The number of carbonyl (C=O) groups is 1. The standard InChI is InChI=1S/C12H16O3S/c1-8-4-5-10(15-3)11(6-8)16-9(2)7-12(13)14/h4-6,9H,7H2,1-3H3,(H,13,14). The number of ether oxygens (including phenoxy) is 1. The van der Waals surface area contributed by atoms with Gasteiger partial charge in [-0.3, -0.25) is 4.79 Å². The fraction of sp³-hybridized carbons (Fsp3) is 0.417. The van der Waals surface area contributed by atoms with E-state index in [0.29, 0.717) is 0 Å². The van der Waals surface area contributed by atoms with E-state index in [-0.39, 0.29) is 11.7 Å². The number of carboxylic acid groups (broad SMARTS) is 1. The van der Waals surface area contributed by atoms with Gasteiger partial charge in [0.2, 0.25) is 0 Å². The zero-order valence-electron chi connectivity index (χ0n) is 9.69. The van der Waals surface area contributed by atoms with Crippen molar-refractivity contribution in [2.24, 2.45) is 0 Å². The van der Waals surface area contributed by atoms with E-state index in [2.05, 4.69) is 0 Å². The lowest BCUT2D eigenvalue weighted by molar-refractivity contribution is -0.136. The zero-order chi connectivity index (χ0) is 12.1. The van der Waals surface area contributed by atoms with Gasteiger partial charge in [-0.15, -0.1) is 11.8 Å². The van der Waals surface area contributed by atoms with E-state index in [0.717, 1.165) is 16.2 Å². The zero-order valence-corrected chi connectivity index (χ0v) is 10.5. The Labute approximate surface area is 99.8 Å². The number of rotatable bonds is 5. The van der Waals surface area contributed by atoms with Gasteiger partial charge in [0, 0.05) is 10.1 Å². The van der Waals surface area contributed by atoms with E-state index in [4.69, 9.17) is 9.84 Å². The molecule has 0 saturated heterocycles. The van der Waals surface area contributed by atoms with Crippen molar-refractivity contribution >= 4 is 17.7 Å². The van der Waals surface area contributed by atoms with Crippen molar-refractivity contribution in [3.63, 3.8) is 0 Å². The van der Waals surface area contributed by atoms with Crippen LogP contribution in [0.25, 0.3) is 0 Å². The first-order valence-electron chi connectivity index (χ1n) is 5.06. The highest BCUT2D eigenvalue weighted by Crippen LogP contribution is 2.33. The van der Waals surface area contributed by atoms with Gasteiger partial charge in [0.1, 0.15) is 5.75 Å². The number of aliphatic carboxylic acids is 1. The molecular formula is C12H16O3S. The highest BCUT2D eigenvalue weighted by Gasteiger charge is 2.12. The Morgan fingerprint density at radius 3 is 2.81 bits per heavy atom. The minimum Gasteiger partial charge on any atom is -0.496 e. The summed E-state index contributed by atoms with van der Waals surface area (Å²) >= 11 is 1.53. The number of aryl methyl sites for hydroxylation is 1. The van der Waals surface area contributed by atoms with Crippen LogP contribution in [0.2, 0.25) is 0 Å². The van der Waals surface area contributed by atoms with Crippen LogP contribution in [-0.2, 0) is 4.79 Å². The third-order valence-electron chi connectivity index (χ3n) is 2.11. The average Bonchev–Trinajstić information content (AvgIpc) is 2.16. The van der Waals surface area contributed by atoms with Crippen molar-refractivity contribution in [3.8, 4) is 5.75 Å². The monoisotopic (exact) mass is 240 g/mol. The van der Waals surface area contributed by atoms with Crippen LogP contribution in [0, 0.1) is 6.92 Å². The van der Waals surface area contributed by atoms with E-state index in [1.165, 1.54) is 11.8 Å². The molecule has 0 spiro atoms. The Kier molecular flexibility index (Phi) is 4.68. The fourth-order valence-corrected chi connectivity index (χ4v) is 2.56. The van der Waals surface area contributed by atoms with Crippen LogP contribution in [0.1, 0.15) is 18.9 Å². The van der Waals surface area contributed by atoms with E-state index in [9.17, 15) is 4.79 Å². The fourth-order valence-electron chi connectivity index (χ4n) is 1.38. The van der Waals surface area contributed by atoms with Gasteiger partial charge >= 0.3 is 5.97 Å². The number of hydrogen-bond acceptors (Lipinski definition) is 3. The molecule has 1 atom stereocenters. The van der Waals surface area contributed by atoms with Crippen molar-refractivity contribution in [3.05, 3.63) is 23.8 Å². The lowest BCUT2D eigenvalue weighted by Crippen LogP contribution is -2.05. The Bertz CT molecular complexity index is 377. The summed E-state index contributed by atoms with van der Waals surface area (Å²) in [6, 6.07) is 5.90. The molecule has 1 rings (SSSR count). The lowest BCUT2D eigenvalue weighted by Gasteiger charge is -2.12. The first-order chi connectivity index (χ1) is 7.52. The third-order valence-corrected chi connectivity index (χ3v) is 3.25. The van der Waals surface area contributed by atoms with Crippen molar-refractivity contribution in [2.75, 3.05) is 7.11 Å². The summed E-state index contributed by atoms with van der Waals surface area (Å²) < 4.78 is 5.24. The molecule has 1 aromatic carbocycles. The molecule has 0 radical (unpaired) electrons. The summed E-state index contributed by atoms with van der Waals surface area (Å²) in [6.07, 6.45) is 0.155. The molecule has 0 fully saturated rings. The maximum atomic E-state index is 10.6. The van der Waals surface area contributed by atoms with Gasteiger partial charge in [-0.1, -0.05) is 13.0 Å². The molecule has 0 aliphatic rings. The minimum atomic E-state index is -0.772. The summed E-state index contributed by atoms with van der Waals surface area (Å²) in [5.41, 5.74) is 1.14. The molecule has 1 unspecified atom stereocenters. The smallest absolute Gasteiger partial charge is 0.304 e. The number of thioether (sulfide) groups is 1. The molecule has 16 heavy (non-hydrogen) atoms. The highest BCUT2D eigenvalue weighted by molar-refractivity contribution is 8.00. The summed E-state index contributed by atoms with van der Waals surface area (Å²) in [4.78, 5) is 11.6. The van der Waals surface area contributed by atoms with E-state index in [1.54, 1.807) is 7.11 Å². The van der Waals surface area contributed by atoms with E-state index in [1.807, 2.05) is 32.0 Å². The van der Waals surface area contributed by atoms with Gasteiger partial charge in [-0.05, 0) is 24.6 Å². The number of benzene rings is 1. The quantitative estimate of drug-likeness (QED) is 0.804. The summed E-state index contributed by atoms with van der Waals surface area (Å²) in [7, 11) is 1.62. The first kappa shape index (κ1) is 12.9. The van der Waals surface area contributed by atoms with Gasteiger partial charge < -0.3 is 9.84 Å². The summed E-state index contributed by atoms with van der Waals surface area (Å²) in [6.45, 7) is 3.91. The molecule has 0 bridgehead atoms. The molecule has 4 heteroatoms. The van der Waals surface area contributed by atoms with Gasteiger partial charge in [-0.25, -0.2) is 0 Å². The third kappa shape index (κ3) is 3.77. The Hall–Kier alpha value is -1.16. The van der Waals surface area contributed by atoms with Crippen LogP contribution in [-0.4, -0.2) is 23.4 Å². The number of methoxy groups -OCH3 is 1. The summed E-state index contributed by atoms with van der Waals surface area (Å²) in [5.74, 6) is 0.0273. The largest absolute Gasteiger partial charge is 0.496 e. The highest BCUT2D eigenvalue weighted by atomic mass is 32.2. The summed E-state index contributed by atoms with van der Waals surface area (Å²) in [5, 5.41) is 8.73. The predicted molar refractivity (Wildman–Crippen MR) is 65.3 cm³/mol. The molecule has 0 heterocycles. The van der Waals surface area contributed by atoms with Crippen molar-refractivity contribution in [1.29, 1.82) is 0 Å². The van der Waals surface area contributed by atoms with Crippen LogP contribution in [0.4, 0.5) is 0 Å². The predicted octanol–water partition coefficient (Wildman–Crippen LogP) is 2.96. The SMILES string of the molecule is COc1ccc(C)cc1SC(C)CC(=O)O. The molecule has 0 saturated carbocycles. The van der Waals surface area contributed by atoms with Crippen molar-refractivity contribution in [1.82, 2.24) is 0 Å². The van der Waals surface area contributed by atoms with Crippen LogP contribution in [0.15, 0.2) is 23.1 Å². The second-order valence-corrected chi connectivity index (χ2v) is 5.16.